The number of thiazole rings is 1. The predicted octanol–water partition coefficient (Wildman–Crippen LogP) is 2.45. The number of hydrogen-bond acceptors (Lipinski definition) is 6. The second-order valence-electron chi connectivity index (χ2n) is 7.26. The summed E-state index contributed by atoms with van der Waals surface area (Å²) in [6, 6.07) is 5.30. The van der Waals surface area contributed by atoms with E-state index in [1.165, 1.54) is 21.1 Å². The number of nitrogens with zero attached hydrogens (tertiary/aromatic N) is 4. The van der Waals surface area contributed by atoms with Crippen molar-refractivity contribution in [2.75, 3.05) is 26.2 Å². The summed E-state index contributed by atoms with van der Waals surface area (Å²) in [5.74, 6) is 0. The van der Waals surface area contributed by atoms with Gasteiger partial charge in [-0.1, -0.05) is 0 Å². The van der Waals surface area contributed by atoms with Crippen LogP contribution >= 0.6 is 11.3 Å². The van der Waals surface area contributed by atoms with E-state index in [2.05, 4.69) is 46.1 Å². The summed E-state index contributed by atoms with van der Waals surface area (Å²) in [7, 11) is 0. The van der Waals surface area contributed by atoms with Gasteiger partial charge in [0.15, 0.2) is 0 Å². The molecule has 2 aromatic heterocycles. The third-order valence-electron chi connectivity index (χ3n) is 5.32. The second-order valence-corrected chi connectivity index (χ2v) is 8.43. The molecule has 1 saturated heterocycles. The normalized spacial score (nSPS) is 22.3. The van der Waals surface area contributed by atoms with Crippen molar-refractivity contribution in [3.63, 3.8) is 0 Å². The number of fused-ring (bicyclic) bond motifs is 1. The van der Waals surface area contributed by atoms with Crippen LogP contribution in [0.5, 0.6) is 0 Å². The molecule has 1 fully saturated rings. The van der Waals surface area contributed by atoms with Gasteiger partial charge in [0, 0.05) is 68.5 Å². The number of aromatic nitrogens is 2. The first-order valence-electron chi connectivity index (χ1n) is 9.27. The lowest BCUT2D eigenvalue weighted by molar-refractivity contribution is 0.153. The molecule has 1 N–H and O–H groups in total. The molecular formula is C19H27N5S. The minimum Gasteiger partial charge on any atom is -0.314 e. The maximum Gasteiger partial charge on any atom is 0.107 e. The first-order chi connectivity index (χ1) is 12.2. The minimum atomic E-state index is 0.407. The van der Waals surface area contributed by atoms with Gasteiger partial charge in [0.2, 0.25) is 0 Å². The summed E-state index contributed by atoms with van der Waals surface area (Å²) >= 11 is 1.92. The van der Waals surface area contributed by atoms with Gasteiger partial charge in [0.25, 0.3) is 0 Å². The first kappa shape index (κ1) is 17.1. The van der Waals surface area contributed by atoms with Crippen LogP contribution in [0.25, 0.3) is 0 Å². The molecule has 4 heterocycles. The average Bonchev–Trinajstić information content (AvgIpc) is 3.04. The van der Waals surface area contributed by atoms with E-state index in [1.54, 1.807) is 0 Å². The van der Waals surface area contributed by atoms with Gasteiger partial charge in [0.05, 0.1) is 12.2 Å². The molecule has 1 unspecified atom stereocenters. The zero-order chi connectivity index (χ0) is 17.2. The lowest BCUT2D eigenvalue weighted by Crippen LogP contribution is -2.45. The number of hydrogen-bond donors (Lipinski definition) is 1. The molecule has 1 atom stereocenters. The maximum atomic E-state index is 4.98. The van der Waals surface area contributed by atoms with Crippen LogP contribution in [-0.4, -0.2) is 52.0 Å². The third kappa shape index (κ3) is 3.77. The van der Waals surface area contributed by atoms with E-state index in [-0.39, 0.29) is 0 Å². The van der Waals surface area contributed by atoms with Crippen LogP contribution < -0.4 is 5.32 Å². The van der Waals surface area contributed by atoms with Gasteiger partial charge >= 0.3 is 0 Å². The van der Waals surface area contributed by atoms with E-state index < -0.39 is 0 Å². The Bertz CT molecular complexity index is 699. The highest BCUT2D eigenvalue weighted by Crippen LogP contribution is 2.29. The lowest BCUT2D eigenvalue weighted by atomic mass is 10.0. The fraction of sp³-hybridized carbons (Fsp3) is 0.579. The molecule has 5 nitrogen and oxygen atoms in total. The van der Waals surface area contributed by atoms with Gasteiger partial charge in [-0.3, -0.25) is 14.8 Å². The van der Waals surface area contributed by atoms with Crippen LogP contribution in [0.15, 0.2) is 24.5 Å². The molecule has 0 spiro atoms. The summed E-state index contributed by atoms with van der Waals surface area (Å²) in [4.78, 5) is 15.7. The maximum absolute atomic E-state index is 4.98. The van der Waals surface area contributed by atoms with Crippen LogP contribution in [0.1, 0.15) is 41.0 Å². The monoisotopic (exact) mass is 357 g/mol. The molecule has 2 aliphatic rings. The Morgan fingerprint density at radius 2 is 2.12 bits per heavy atom. The Kier molecular flexibility index (Phi) is 5.12. The molecule has 25 heavy (non-hydrogen) atoms. The van der Waals surface area contributed by atoms with E-state index in [9.17, 15) is 0 Å². The molecule has 6 heteroatoms. The van der Waals surface area contributed by atoms with Gasteiger partial charge in [-0.05, 0) is 31.5 Å². The molecule has 2 aromatic rings. The standard InChI is InChI=1S/C19H27N5S/c1-14(2)23-9-5-16-18(12-23)25-19(22-16)13-24-10-8-21-11-17(24)15-3-6-20-7-4-15/h3-4,6-7,14,17,21H,5,8-13H2,1-2H3. The van der Waals surface area contributed by atoms with Crippen LogP contribution in [0, 0.1) is 0 Å². The molecule has 134 valence electrons. The predicted molar refractivity (Wildman–Crippen MR) is 102 cm³/mol. The SMILES string of the molecule is CC(C)N1CCc2nc(CN3CCNCC3c3ccncc3)sc2C1. The van der Waals surface area contributed by atoms with Gasteiger partial charge in [-0.15, -0.1) is 11.3 Å². The zero-order valence-corrected chi connectivity index (χ0v) is 15.9. The Hall–Kier alpha value is -1.34. The largest absolute Gasteiger partial charge is 0.314 e. The number of pyridine rings is 1. The molecule has 0 saturated carbocycles. The van der Waals surface area contributed by atoms with Crippen molar-refractivity contribution >= 4 is 11.3 Å². The molecule has 0 aromatic carbocycles. The van der Waals surface area contributed by atoms with Crippen molar-refractivity contribution in [3.05, 3.63) is 45.7 Å². The van der Waals surface area contributed by atoms with Crippen LogP contribution in [0.4, 0.5) is 0 Å². The van der Waals surface area contributed by atoms with E-state index in [0.717, 1.165) is 45.7 Å². The third-order valence-corrected chi connectivity index (χ3v) is 6.39. The van der Waals surface area contributed by atoms with Gasteiger partial charge in [-0.2, -0.15) is 0 Å². The Labute approximate surface area is 154 Å². The summed E-state index contributed by atoms with van der Waals surface area (Å²) in [6.45, 7) is 10.8. The van der Waals surface area contributed by atoms with Crippen molar-refractivity contribution in [1.82, 2.24) is 25.1 Å². The van der Waals surface area contributed by atoms with Gasteiger partial charge in [0.1, 0.15) is 5.01 Å². The fourth-order valence-electron chi connectivity index (χ4n) is 3.80. The quantitative estimate of drug-likeness (QED) is 0.911. The summed E-state index contributed by atoms with van der Waals surface area (Å²) in [6.07, 6.45) is 4.88. The molecule has 0 aliphatic carbocycles. The smallest absolute Gasteiger partial charge is 0.107 e. The highest BCUT2D eigenvalue weighted by molar-refractivity contribution is 7.11. The molecule has 2 aliphatic heterocycles. The van der Waals surface area contributed by atoms with Gasteiger partial charge < -0.3 is 5.32 Å². The molecule has 4 rings (SSSR count). The van der Waals surface area contributed by atoms with Crippen LogP contribution in [0.2, 0.25) is 0 Å². The highest BCUT2D eigenvalue weighted by Gasteiger charge is 2.27. The van der Waals surface area contributed by atoms with Crippen molar-refractivity contribution in [2.24, 2.45) is 0 Å². The molecule has 0 bridgehead atoms. The Morgan fingerprint density at radius 1 is 1.28 bits per heavy atom. The van der Waals surface area contributed by atoms with E-state index in [0.29, 0.717) is 12.1 Å². The van der Waals surface area contributed by atoms with E-state index >= 15 is 0 Å². The van der Waals surface area contributed by atoms with E-state index in [4.69, 9.17) is 4.98 Å². The number of piperazine rings is 1. The topological polar surface area (TPSA) is 44.3 Å². The van der Waals surface area contributed by atoms with Crippen LogP contribution in [0.3, 0.4) is 0 Å². The van der Waals surface area contributed by atoms with E-state index in [1.807, 2.05) is 23.7 Å². The Balaban J connectivity index is 1.50. The molecule has 0 radical (unpaired) electrons. The summed E-state index contributed by atoms with van der Waals surface area (Å²) in [5.41, 5.74) is 2.68. The van der Waals surface area contributed by atoms with Crippen molar-refractivity contribution in [2.45, 2.75) is 45.4 Å². The summed E-state index contributed by atoms with van der Waals surface area (Å²) < 4.78 is 0. The van der Waals surface area contributed by atoms with Crippen molar-refractivity contribution in [1.29, 1.82) is 0 Å². The second kappa shape index (κ2) is 7.50. The average molecular weight is 358 g/mol. The lowest BCUT2D eigenvalue weighted by Gasteiger charge is -2.35. The molecular weight excluding hydrogens is 330 g/mol. The fourth-order valence-corrected chi connectivity index (χ4v) is 4.97. The Morgan fingerprint density at radius 3 is 2.92 bits per heavy atom. The molecule has 0 amide bonds. The van der Waals surface area contributed by atoms with Crippen LogP contribution in [-0.2, 0) is 19.5 Å². The number of nitrogens with one attached hydrogen (secondary N) is 1. The number of rotatable bonds is 4. The minimum absolute atomic E-state index is 0.407. The van der Waals surface area contributed by atoms with Gasteiger partial charge in [-0.25, -0.2) is 4.98 Å². The van der Waals surface area contributed by atoms with Crippen molar-refractivity contribution < 1.29 is 0 Å². The summed E-state index contributed by atoms with van der Waals surface area (Å²) in [5, 5.41) is 4.81. The zero-order valence-electron chi connectivity index (χ0n) is 15.1. The van der Waals surface area contributed by atoms with Crippen molar-refractivity contribution in [3.8, 4) is 0 Å². The first-order valence-corrected chi connectivity index (χ1v) is 10.1. The highest BCUT2D eigenvalue weighted by atomic mass is 32.1.